The predicted molar refractivity (Wildman–Crippen MR) is 46.1 cm³/mol. The summed E-state index contributed by atoms with van der Waals surface area (Å²) in [7, 11) is 0. The fraction of sp³-hybridized carbons (Fsp3) is 1.00. The Balaban J connectivity index is 2.16. The minimum absolute atomic E-state index is 0.0636. The molecule has 0 amide bonds. The number of aliphatic hydroxyl groups is 2. The quantitative estimate of drug-likeness (QED) is 0.530. The molecule has 0 radical (unpaired) electrons. The van der Waals surface area contributed by atoms with Crippen molar-refractivity contribution in [3.8, 4) is 0 Å². The summed E-state index contributed by atoms with van der Waals surface area (Å²) in [4.78, 5) is 0. The van der Waals surface area contributed by atoms with Crippen molar-refractivity contribution in [2.75, 3.05) is 6.61 Å². The second-order valence-corrected chi connectivity index (χ2v) is 5.07. The maximum Gasteiger partial charge on any atom is 0.0631 e. The Kier molecular flexibility index (Phi) is 1.52. The molecule has 0 aromatic heterocycles. The molecule has 0 aliphatic heterocycles. The lowest BCUT2D eigenvalue weighted by atomic mass is 10.0. The molecule has 58 valence electrons. The van der Waals surface area contributed by atoms with Crippen LogP contribution in [0.1, 0.15) is 12.8 Å². The Morgan fingerprint density at radius 3 is 2.50 bits per heavy atom. The van der Waals surface area contributed by atoms with Crippen molar-refractivity contribution in [2.24, 2.45) is 11.3 Å². The smallest absolute Gasteiger partial charge is 0.0631 e. The summed E-state index contributed by atoms with van der Waals surface area (Å²) in [5, 5.41) is 18.5. The van der Waals surface area contributed by atoms with E-state index in [1.54, 1.807) is 0 Å². The highest BCUT2D eigenvalue weighted by Gasteiger charge is 2.65. The van der Waals surface area contributed by atoms with Gasteiger partial charge in [-0.05, 0) is 18.8 Å². The van der Waals surface area contributed by atoms with Crippen LogP contribution < -0.4 is 0 Å². The second-order valence-electron chi connectivity index (χ2n) is 3.47. The van der Waals surface area contributed by atoms with Crippen molar-refractivity contribution < 1.29 is 10.2 Å². The Labute approximate surface area is 73.8 Å². The van der Waals surface area contributed by atoms with E-state index in [0.29, 0.717) is 9.84 Å². The third-order valence-electron chi connectivity index (χ3n) is 3.02. The maximum absolute atomic E-state index is 9.50. The Bertz CT molecular complexity index is 158. The highest BCUT2D eigenvalue weighted by molar-refractivity contribution is 14.1. The normalized spacial score (nSPS) is 58.5. The monoisotopic (exact) mass is 254 g/mol. The molecule has 2 saturated carbocycles. The summed E-state index contributed by atoms with van der Waals surface area (Å²) < 4.78 is 0.597. The number of hydrogen-bond acceptors (Lipinski definition) is 2. The molecular weight excluding hydrogens is 243 g/mol. The Morgan fingerprint density at radius 2 is 2.30 bits per heavy atom. The van der Waals surface area contributed by atoms with Gasteiger partial charge in [-0.1, -0.05) is 22.6 Å². The second kappa shape index (κ2) is 2.08. The summed E-state index contributed by atoms with van der Waals surface area (Å²) >= 11 is 2.38. The molecule has 0 bridgehead atoms. The van der Waals surface area contributed by atoms with Crippen molar-refractivity contribution in [1.82, 2.24) is 0 Å². The third kappa shape index (κ3) is 0.713. The van der Waals surface area contributed by atoms with Gasteiger partial charge in [-0.3, -0.25) is 0 Å². The highest BCUT2D eigenvalue weighted by atomic mass is 127. The van der Waals surface area contributed by atoms with Crippen molar-refractivity contribution in [1.29, 1.82) is 0 Å². The Morgan fingerprint density at radius 1 is 1.60 bits per heavy atom. The molecule has 0 aromatic rings. The molecule has 2 nitrogen and oxygen atoms in total. The zero-order chi connectivity index (χ0) is 7.35. The lowest BCUT2D eigenvalue weighted by molar-refractivity contribution is 0.0614. The molecule has 10 heavy (non-hydrogen) atoms. The van der Waals surface area contributed by atoms with Crippen LogP contribution in [0.15, 0.2) is 0 Å². The largest absolute Gasteiger partial charge is 0.396 e. The topological polar surface area (TPSA) is 40.5 Å². The lowest BCUT2D eigenvalue weighted by Gasteiger charge is -2.13. The average molecular weight is 254 g/mol. The van der Waals surface area contributed by atoms with Crippen LogP contribution in [0.2, 0.25) is 0 Å². The minimum Gasteiger partial charge on any atom is -0.396 e. The molecule has 2 aliphatic rings. The van der Waals surface area contributed by atoms with Crippen LogP contribution in [0.25, 0.3) is 0 Å². The van der Waals surface area contributed by atoms with Crippen LogP contribution in [0.3, 0.4) is 0 Å². The van der Waals surface area contributed by atoms with Crippen LogP contribution in [0.5, 0.6) is 0 Å². The van der Waals surface area contributed by atoms with E-state index in [9.17, 15) is 5.11 Å². The van der Waals surface area contributed by atoms with Crippen LogP contribution in [0, 0.1) is 11.3 Å². The van der Waals surface area contributed by atoms with Crippen LogP contribution in [-0.2, 0) is 0 Å². The van der Waals surface area contributed by atoms with E-state index in [2.05, 4.69) is 22.6 Å². The number of aliphatic hydroxyl groups excluding tert-OH is 2. The molecule has 2 aliphatic carbocycles. The average Bonchev–Trinajstić information content (AvgIpc) is 2.57. The fourth-order valence-corrected chi connectivity index (χ4v) is 3.57. The third-order valence-corrected chi connectivity index (χ3v) is 4.40. The van der Waals surface area contributed by atoms with E-state index in [0.717, 1.165) is 12.8 Å². The SMILES string of the molecule is OC[C@@]12C[C@@H]1C(I)CC2O. The van der Waals surface area contributed by atoms with Gasteiger partial charge in [0.05, 0.1) is 12.7 Å². The van der Waals surface area contributed by atoms with Gasteiger partial charge < -0.3 is 10.2 Å². The fourth-order valence-electron chi connectivity index (χ4n) is 2.12. The number of halogens is 1. The van der Waals surface area contributed by atoms with Gasteiger partial charge in [-0.15, -0.1) is 0 Å². The van der Waals surface area contributed by atoms with Gasteiger partial charge in [0, 0.05) is 9.34 Å². The first-order valence-electron chi connectivity index (χ1n) is 3.64. The molecule has 2 unspecified atom stereocenters. The summed E-state index contributed by atoms with van der Waals surface area (Å²) in [6, 6.07) is 0. The molecule has 0 heterocycles. The zero-order valence-electron chi connectivity index (χ0n) is 5.63. The van der Waals surface area contributed by atoms with Gasteiger partial charge >= 0.3 is 0 Å². The minimum atomic E-state index is -0.232. The van der Waals surface area contributed by atoms with Gasteiger partial charge in [0.25, 0.3) is 0 Å². The predicted octanol–water partition coefficient (Wildman–Crippen LogP) is 0.553. The highest BCUT2D eigenvalue weighted by Crippen LogP contribution is 2.65. The molecule has 2 rings (SSSR count). The van der Waals surface area contributed by atoms with Crippen molar-refractivity contribution in [2.45, 2.75) is 22.9 Å². The van der Waals surface area contributed by atoms with E-state index >= 15 is 0 Å². The van der Waals surface area contributed by atoms with Gasteiger partial charge in [0.2, 0.25) is 0 Å². The molecular formula is C7H11IO2. The number of fused-ring (bicyclic) bond motifs is 1. The first kappa shape index (κ1) is 7.31. The molecule has 4 atom stereocenters. The summed E-state index contributed by atoms with van der Waals surface area (Å²) in [5.41, 5.74) is -0.0636. The van der Waals surface area contributed by atoms with E-state index < -0.39 is 0 Å². The van der Waals surface area contributed by atoms with E-state index in [1.165, 1.54) is 0 Å². The standard InChI is InChI=1S/C7H11IO2/c8-5-1-6(10)7(3-9)2-4(5)7/h4-6,9-10H,1-3H2/t4-,5?,6?,7+/m1/s1. The summed E-state index contributed by atoms with van der Waals surface area (Å²) in [6.45, 7) is 0.179. The molecule has 2 fully saturated rings. The number of alkyl halides is 1. The number of rotatable bonds is 1. The summed E-state index contributed by atoms with van der Waals surface area (Å²) in [5.74, 6) is 0.605. The molecule has 2 N–H and O–H groups in total. The summed E-state index contributed by atoms with van der Waals surface area (Å²) in [6.07, 6.45) is 1.69. The number of hydrogen-bond donors (Lipinski definition) is 2. The Hall–Kier alpha value is 0.650. The molecule has 3 heteroatoms. The van der Waals surface area contributed by atoms with E-state index in [1.807, 2.05) is 0 Å². The first-order chi connectivity index (χ1) is 4.70. The lowest BCUT2D eigenvalue weighted by Crippen LogP contribution is -2.22. The van der Waals surface area contributed by atoms with Crippen LogP contribution >= 0.6 is 22.6 Å². The molecule has 0 aromatic carbocycles. The molecule has 0 spiro atoms. The molecule has 0 saturated heterocycles. The van der Waals surface area contributed by atoms with E-state index in [-0.39, 0.29) is 18.1 Å². The van der Waals surface area contributed by atoms with E-state index in [4.69, 9.17) is 5.11 Å². The van der Waals surface area contributed by atoms with Crippen LogP contribution in [-0.4, -0.2) is 26.8 Å². The zero-order valence-corrected chi connectivity index (χ0v) is 7.78. The van der Waals surface area contributed by atoms with Crippen molar-refractivity contribution in [3.63, 3.8) is 0 Å². The first-order valence-corrected chi connectivity index (χ1v) is 4.88. The van der Waals surface area contributed by atoms with Crippen molar-refractivity contribution >= 4 is 22.6 Å². The van der Waals surface area contributed by atoms with Gasteiger partial charge in [-0.2, -0.15) is 0 Å². The van der Waals surface area contributed by atoms with Crippen LogP contribution in [0.4, 0.5) is 0 Å². The van der Waals surface area contributed by atoms with Gasteiger partial charge in [0.1, 0.15) is 0 Å². The van der Waals surface area contributed by atoms with Gasteiger partial charge in [-0.25, -0.2) is 0 Å². The van der Waals surface area contributed by atoms with Gasteiger partial charge in [0.15, 0.2) is 0 Å². The maximum atomic E-state index is 9.50. The van der Waals surface area contributed by atoms with Crippen molar-refractivity contribution in [3.05, 3.63) is 0 Å².